The maximum atomic E-state index is 11.0. The summed E-state index contributed by atoms with van der Waals surface area (Å²) >= 11 is 5.86. The van der Waals surface area contributed by atoms with Crippen LogP contribution in [0.5, 0.6) is 5.75 Å². The van der Waals surface area contributed by atoms with Crippen LogP contribution < -0.4 is 4.74 Å². The summed E-state index contributed by atoms with van der Waals surface area (Å²) in [5, 5.41) is 0.205. The van der Waals surface area contributed by atoms with Gasteiger partial charge in [-0.25, -0.2) is 8.42 Å². The molecule has 0 saturated carbocycles. The quantitative estimate of drug-likeness (QED) is 0.487. The highest BCUT2D eigenvalue weighted by Gasteiger charge is 2.12. The number of rotatable bonds is 4. The summed E-state index contributed by atoms with van der Waals surface area (Å²) in [6, 6.07) is 4.07. The monoisotopic (exact) mass is 292 g/mol. The van der Waals surface area contributed by atoms with Crippen molar-refractivity contribution in [2.45, 2.75) is 18.2 Å². The zero-order chi connectivity index (χ0) is 12.9. The van der Waals surface area contributed by atoms with E-state index in [0.717, 1.165) is 0 Å². The highest BCUT2D eigenvalue weighted by atomic mass is 35.7. The van der Waals surface area contributed by atoms with Crippen molar-refractivity contribution in [3.05, 3.63) is 23.2 Å². The maximum Gasteiger partial charge on any atom is 0.261 e. The first-order valence-electron chi connectivity index (χ1n) is 4.72. The minimum Gasteiger partial charge on any atom is -0.491 e. The lowest BCUT2D eigenvalue weighted by Crippen LogP contribution is -1.98. The van der Waals surface area contributed by atoms with Gasteiger partial charge in [-0.15, -0.1) is 11.8 Å². The molecule has 17 heavy (non-hydrogen) atoms. The standard InChI is InChI=1S/C11H10Cl2O3S/c1-2-3-4-7-16-11-6-5-9(8-10(11)12)17(13,14)15/h5-6,8H,4,7H2,1H3. The van der Waals surface area contributed by atoms with Gasteiger partial charge in [-0.05, 0) is 25.1 Å². The lowest BCUT2D eigenvalue weighted by atomic mass is 10.3. The van der Waals surface area contributed by atoms with Crippen molar-refractivity contribution in [2.24, 2.45) is 0 Å². The van der Waals surface area contributed by atoms with Crippen LogP contribution in [0.3, 0.4) is 0 Å². The van der Waals surface area contributed by atoms with E-state index < -0.39 is 9.05 Å². The maximum absolute atomic E-state index is 11.0. The molecular weight excluding hydrogens is 283 g/mol. The molecule has 0 bridgehead atoms. The third-order valence-electron chi connectivity index (χ3n) is 1.85. The van der Waals surface area contributed by atoms with Crippen molar-refractivity contribution in [2.75, 3.05) is 6.61 Å². The smallest absolute Gasteiger partial charge is 0.261 e. The van der Waals surface area contributed by atoms with E-state index in [1.54, 1.807) is 6.92 Å². The van der Waals surface area contributed by atoms with E-state index in [0.29, 0.717) is 18.8 Å². The normalized spacial score (nSPS) is 10.5. The van der Waals surface area contributed by atoms with E-state index in [9.17, 15) is 8.42 Å². The van der Waals surface area contributed by atoms with Gasteiger partial charge in [0.2, 0.25) is 0 Å². The van der Waals surface area contributed by atoms with E-state index in [1.165, 1.54) is 18.2 Å². The van der Waals surface area contributed by atoms with E-state index in [1.807, 2.05) is 0 Å². The zero-order valence-electron chi connectivity index (χ0n) is 9.04. The van der Waals surface area contributed by atoms with Crippen LogP contribution in [-0.4, -0.2) is 15.0 Å². The minimum atomic E-state index is -3.76. The molecule has 0 spiro atoms. The molecule has 0 saturated heterocycles. The molecule has 0 radical (unpaired) electrons. The lowest BCUT2D eigenvalue weighted by Gasteiger charge is -2.06. The van der Waals surface area contributed by atoms with Gasteiger partial charge in [0.15, 0.2) is 0 Å². The van der Waals surface area contributed by atoms with Crippen molar-refractivity contribution in [1.29, 1.82) is 0 Å². The number of hydrogen-bond donors (Lipinski definition) is 0. The SMILES string of the molecule is CC#CCCOc1ccc(S(=O)(=O)Cl)cc1Cl. The highest BCUT2D eigenvalue weighted by molar-refractivity contribution is 8.13. The largest absolute Gasteiger partial charge is 0.491 e. The summed E-state index contributed by atoms with van der Waals surface area (Å²) in [6.07, 6.45) is 0.586. The van der Waals surface area contributed by atoms with Gasteiger partial charge < -0.3 is 4.74 Å². The lowest BCUT2D eigenvalue weighted by molar-refractivity contribution is 0.327. The number of ether oxygens (including phenoxy) is 1. The molecule has 0 aliphatic rings. The molecule has 0 N–H and O–H groups in total. The Morgan fingerprint density at radius 3 is 2.65 bits per heavy atom. The Balaban J connectivity index is 2.79. The summed E-state index contributed by atoms with van der Waals surface area (Å²) in [5.74, 6) is 5.99. The van der Waals surface area contributed by atoms with Crippen molar-refractivity contribution < 1.29 is 13.2 Å². The minimum absolute atomic E-state index is 0.0510. The molecule has 1 aromatic rings. The molecule has 1 rings (SSSR count). The third-order valence-corrected chi connectivity index (χ3v) is 3.49. The number of benzene rings is 1. The van der Waals surface area contributed by atoms with Crippen LogP contribution in [0.4, 0.5) is 0 Å². The molecule has 1 aromatic carbocycles. The van der Waals surface area contributed by atoms with Crippen LogP contribution in [0.1, 0.15) is 13.3 Å². The Morgan fingerprint density at radius 1 is 1.41 bits per heavy atom. The van der Waals surface area contributed by atoms with Gasteiger partial charge >= 0.3 is 0 Å². The van der Waals surface area contributed by atoms with E-state index in [2.05, 4.69) is 11.8 Å². The summed E-state index contributed by atoms with van der Waals surface area (Å²) in [6.45, 7) is 2.14. The number of hydrogen-bond acceptors (Lipinski definition) is 3. The molecule has 92 valence electrons. The Labute approximate surface area is 110 Å². The first-order valence-corrected chi connectivity index (χ1v) is 7.40. The van der Waals surface area contributed by atoms with E-state index in [4.69, 9.17) is 27.0 Å². The van der Waals surface area contributed by atoms with E-state index >= 15 is 0 Å². The summed E-state index contributed by atoms with van der Waals surface area (Å²) < 4.78 is 27.4. The van der Waals surface area contributed by atoms with E-state index in [-0.39, 0.29) is 9.92 Å². The second-order valence-corrected chi connectivity index (χ2v) is 6.03. The van der Waals surface area contributed by atoms with Crippen LogP contribution >= 0.6 is 22.3 Å². The molecular formula is C11H10Cl2O3S. The first kappa shape index (κ1) is 14.2. The van der Waals surface area contributed by atoms with Gasteiger partial charge in [0, 0.05) is 17.1 Å². The Kier molecular flexibility index (Phi) is 5.13. The van der Waals surface area contributed by atoms with Crippen molar-refractivity contribution in [3.63, 3.8) is 0 Å². The fourth-order valence-corrected chi connectivity index (χ4v) is 2.16. The molecule has 0 unspecified atom stereocenters. The summed E-state index contributed by atoms with van der Waals surface area (Å²) in [7, 11) is 1.42. The predicted octanol–water partition coefficient (Wildman–Crippen LogP) is 3.06. The first-order chi connectivity index (χ1) is 7.95. The molecule has 3 nitrogen and oxygen atoms in total. The molecule has 0 aromatic heterocycles. The van der Waals surface area contributed by atoms with Gasteiger partial charge in [-0.3, -0.25) is 0 Å². The molecule has 0 atom stereocenters. The van der Waals surface area contributed by atoms with Gasteiger partial charge in [0.25, 0.3) is 9.05 Å². The number of halogens is 2. The van der Waals surface area contributed by atoms with Crippen LogP contribution in [0.15, 0.2) is 23.1 Å². The second kappa shape index (κ2) is 6.15. The van der Waals surface area contributed by atoms with Gasteiger partial charge in [0.05, 0.1) is 16.5 Å². The second-order valence-electron chi connectivity index (χ2n) is 3.06. The van der Waals surface area contributed by atoms with Crippen LogP contribution in [-0.2, 0) is 9.05 Å². The van der Waals surface area contributed by atoms with Crippen molar-refractivity contribution in [1.82, 2.24) is 0 Å². The molecule has 0 aliphatic heterocycles. The molecule has 6 heteroatoms. The van der Waals surface area contributed by atoms with Crippen molar-refractivity contribution in [3.8, 4) is 17.6 Å². The van der Waals surface area contributed by atoms with Gasteiger partial charge in [0.1, 0.15) is 5.75 Å². The predicted molar refractivity (Wildman–Crippen MR) is 68.1 cm³/mol. The van der Waals surface area contributed by atoms with Gasteiger partial charge in [-0.1, -0.05) is 11.6 Å². The molecule has 0 fully saturated rings. The Hall–Kier alpha value is -0.890. The summed E-state index contributed by atoms with van der Waals surface area (Å²) in [5.41, 5.74) is 0. The highest BCUT2D eigenvalue weighted by Crippen LogP contribution is 2.28. The fourth-order valence-electron chi connectivity index (χ4n) is 1.09. The average Bonchev–Trinajstić information content (AvgIpc) is 2.24. The topological polar surface area (TPSA) is 43.4 Å². The molecule has 0 aliphatic carbocycles. The van der Waals surface area contributed by atoms with Crippen molar-refractivity contribution >= 4 is 31.3 Å². The zero-order valence-corrected chi connectivity index (χ0v) is 11.4. The fraction of sp³-hybridized carbons (Fsp3) is 0.273. The van der Waals surface area contributed by atoms with Crippen LogP contribution in [0.25, 0.3) is 0 Å². The Morgan fingerprint density at radius 2 is 2.12 bits per heavy atom. The molecule has 0 heterocycles. The molecule has 0 amide bonds. The van der Waals surface area contributed by atoms with Gasteiger partial charge in [-0.2, -0.15) is 0 Å². The summed E-state index contributed by atoms with van der Waals surface area (Å²) in [4.78, 5) is -0.0510. The third kappa shape index (κ3) is 4.47. The van der Waals surface area contributed by atoms with Crippen LogP contribution in [0.2, 0.25) is 5.02 Å². The average molecular weight is 293 g/mol. The van der Waals surface area contributed by atoms with Crippen LogP contribution in [0, 0.1) is 11.8 Å². The Bertz CT molecular complexity index is 556.